The lowest BCUT2D eigenvalue weighted by Gasteiger charge is -2.33. The van der Waals surface area contributed by atoms with Crippen LogP contribution in [0.5, 0.6) is 11.5 Å². The van der Waals surface area contributed by atoms with Crippen LogP contribution in [0, 0.1) is 0 Å². The molecule has 0 radical (unpaired) electrons. The molecule has 1 aliphatic heterocycles. The number of benzene rings is 2. The first-order chi connectivity index (χ1) is 16.6. The van der Waals surface area contributed by atoms with E-state index in [2.05, 4.69) is 31.1 Å². The molecule has 188 valence electrons. The number of hydrogen-bond acceptors (Lipinski definition) is 7. The molecule has 1 aliphatic rings. The summed E-state index contributed by atoms with van der Waals surface area (Å²) >= 11 is 1.59. The molecule has 0 saturated carbocycles. The first-order valence-electron chi connectivity index (χ1n) is 11.6. The Hall–Kier alpha value is -2.62. The Morgan fingerprint density at radius 2 is 1.54 bits per heavy atom. The van der Waals surface area contributed by atoms with Gasteiger partial charge >= 0.3 is 0 Å². The van der Waals surface area contributed by atoms with Crippen molar-refractivity contribution in [3.8, 4) is 11.5 Å². The van der Waals surface area contributed by atoms with Gasteiger partial charge in [0.1, 0.15) is 11.5 Å². The summed E-state index contributed by atoms with van der Waals surface area (Å²) in [4.78, 5) is 7.33. The van der Waals surface area contributed by atoms with Gasteiger partial charge < -0.3 is 14.4 Å². The molecular formula is C26H33N3O4S2. The van der Waals surface area contributed by atoms with E-state index in [0.29, 0.717) is 37.5 Å². The maximum absolute atomic E-state index is 13.2. The molecule has 0 atom stereocenters. The van der Waals surface area contributed by atoms with Crippen LogP contribution in [0.4, 0.5) is 5.13 Å². The number of hydrogen-bond donors (Lipinski definition) is 0. The molecule has 1 fully saturated rings. The van der Waals surface area contributed by atoms with E-state index in [4.69, 9.17) is 14.5 Å². The van der Waals surface area contributed by atoms with Crippen molar-refractivity contribution in [3.63, 3.8) is 0 Å². The topological polar surface area (TPSA) is 72.0 Å². The molecule has 3 aromatic rings. The number of aromatic nitrogens is 1. The van der Waals surface area contributed by atoms with E-state index in [0.717, 1.165) is 33.5 Å². The van der Waals surface area contributed by atoms with Crippen molar-refractivity contribution in [2.24, 2.45) is 0 Å². The first kappa shape index (κ1) is 25.5. The summed E-state index contributed by atoms with van der Waals surface area (Å²) in [5, 5.41) is 2.97. The summed E-state index contributed by atoms with van der Waals surface area (Å²) in [5.41, 5.74) is 3.13. The fraction of sp³-hybridized carbons (Fsp3) is 0.423. The van der Waals surface area contributed by atoms with Gasteiger partial charge in [-0.3, -0.25) is 0 Å². The lowest BCUT2D eigenvalue weighted by Crippen LogP contribution is -2.48. The number of piperazine rings is 1. The zero-order chi connectivity index (χ0) is 25.2. The van der Waals surface area contributed by atoms with E-state index in [1.165, 1.54) is 0 Å². The lowest BCUT2D eigenvalue weighted by molar-refractivity contribution is 0.384. The second-order valence-corrected chi connectivity index (χ2v) is 12.5. The van der Waals surface area contributed by atoms with Crippen LogP contribution < -0.4 is 14.4 Å². The molecule has 0 bridgehead atoms. The lowest BCUT2D eigenvalue weighted by atomic mass is 9.87. The Balaban J connectivity index is 1.40. The predicted octanol–water partition coefficient (Wildman–Crippen LogP) is 4.56. The van der Waals surface area contributed by atoms with Crippen LogP contribution in [0.25, 0.3) is 0 Å². The minimum absolute atomic E-state index is 0.0148. The SMILES string of the molecule is COc1cc(Cc2csc(N3CCN(S(=O)(=O)c4ccc(C(C)(C)C)cc4)CC3)n2)cc(OC)c1. The largest absolute Gasteiger partial charge is 0.497 e. The van der Waals surface area contributed by atoms with E-state index < -0.39 is 10.0 Å². The number of anilines is 1. The normalized spacial score (nSPS) is 15.3. The van der Waals surface area contributed by atoms with Gasteiger partial charge in [-0.2, -0.15) is 4.31 Å². The number of ether oxygens (including phenoxy) is 2. The molecule has 0 amide bonds. The molecule has 9 heteroatoms. The maximum Gasteiger partial charge on any atom is 0.243 e. The highest BCUT2D eigenvalue weighted by Gasteiger charge is 2.29. The summed E-state index contributed by atoms with van der Waals surface area (Å²) < 4.78 is 38.7. The zero-order valence-electron chi connectivity index (χ0n) is 20.9. The van der Waals surface area contributed by atoms with Crippen molar-refractivity contribution >= 4 is 26.5 Å². The van der Waals surface area contributed by atoms with Gasteiger partial charge in [0.2, 0.25) is 10.0 Å². The molecular weight excluding hydrogens is 482 g/mol. The predicted molar refractivity (Wildman–Crippen MR) is 141 cm³/mol. The Morgan fingerprint density at radius 1 is 0.943 bits per heavy atom. The Labute approximate surface area is 212 Å². The van der Waals surface area contributed by atoms with E-state index in [1.807, 2.05) is 30.3 Å². The van der Waals surface area contributed by atoms with Crippen LogP contribution in [0.2, 0.25) is 0 Å². The second-order valence-electron chi connectivity index (χ2n) is 9.68. The van der Waals surface area contributed by atoms with Crippen LogP contribution in [0.1, 0.15) is 37.6 Å². The zero-order valence-corrected chi connectivity index (χ0v) is 22.6. The van der Waals surface area contributed by atoms with Gasteiger partial charge in [0.15, 0.2) is 5.13 Å². The van der Waals surface area contributed by atoms with Crippen LogP contribution in [-0.4, -0.2) is 58.1 Å². The van der Waals surface area contributed by atoms with Crippen molar-refractivity contribution in [2.75, 3.05) is 45.3 Å². The summed E-state index contributed by atoms with van der Waals surface area (Å²) in [7, 11) is -0.234. The van der Waals surface area contributed by atoms with Gasteiger partial charge in [-0.25, -0.2) is 13.4 Å². The van der Waals surface area contributed by atoms with Crippen molar-refractivity contribution in [2.45, 2.75) is 37.5 Å². The fourth-order valence-electron chi connectivity index (χ4n) is 4.10. The average molecular weight is 516 g/mol. The Morgan fingerprint density at radius 3 is 2.09 bits per heavy atom. The first-order valence-corrected chi connectivity index (χ1v) is 13.9. The molecule has 35 heavy (non-hydrogen) atoms. The summed E-state index contributed by atoms with van der Waals surface area (Å²) in [6, 6.07) is 13.1. The van der Waals surface area contributed by atoms with Gasteiger partial charge in [0, 0.05) is 44.0 Å². The van der Waals surface area contributed by atoms with E-state index in [-0.39, 0.29) is 5.41 Å². The minimum atomic E-state index is -3.51. The smallest absolute Gasteiger partial charge is 0.243 e. The van der Waals surface area contributed by atoms with E-state index in [1.54, 1.807) is 42.0 Å². The molecule has 0 N–H and O–H groups in total. The van der Waals surface area contributed by atoms with Gasteiger partial charge in [-0.1, -0.05) is 32.9 Å². The average Bonchev–Trinajstić information content (AvgIpc) is 3.31. The molecule has 2 aromatic carbocycles. The van der Waals surface area contributed by atoms with Gasteiger partial charge in [-0.15, -0.1) is 11.3 Å². The highest BCUT2D eigenvalue weighted by Crippen LogP contribution is 2.29. The van der Waals surface area contributed by atoms with Gasteiger partial charge in [-0.05, 0) is 40.8 Å². The number of sulfonamides is 1. The standard InChI is InChI=1S/C26H33N3O4S2/c1-26(2,3)20-6-8-24(9-7-20)35(30,31)29-12-10-28(11-13-29)25-27-21(18-34-25)14-19-15-22(32-4)17-23(16-19)33-5/h6-9,15-18H,10-14H2,1-5H3. The van der Waals surface area contributed by atoms with E-state index >= 15 is 0 Å². The Bertz CT molecular complexity index is 1230. The molecule has 1 aromatic heterocycles. The Kier molecular flexibility index (Phi) is 7.40. The minimum Gasteiger partial charge on any atom is -0.497 e. The fourth-order valence-corrected chi connectivity index (χ4v) is 6.40. The molecule has 1 saturated heterocycles. The van der Waals surface area contributed by atoms with Crippen molar-refractivity contribution < 1.29 is 17.9 Å². The third-order valence-electron chi connectivity index (χ3n) is 6.20. The maximum atomic E-state index is 13.2. The molecule has 0 spiro atoms. The second kappa shape index (κ2) is 10.2. The highest BCUT2D eigenvalue weighted by molar-refractivity contribution is 7.89. The van der Waals surface area contributed by atoms with E-state index in [9.17, 15) is 8.42 Å². The molecule has 7 nitrogen and oxygen atoms in total. The summed E-state index contributed by atoms with van der Waals surface area (Å²) in [6.07, 6.45) is 0.670. The number of nitrogens with zero attached hydrogens (tertiary/aromatic N) is 3. The highest BCUT2D eigenvalue weighted by atomic mass is 32.2. The van der Waals surface area contributed by atoms with Crippen molar-refractivity contribution in [1.82, 2.24) is 9.29 Å². The molecule has 0 aliphatic carbocycles. The van der Waals surface area contributed by atoms with Gasteiger partial charge in [0.05, 0.1) is 24.8 Å². The quantitative estimate of drug-likeness (QED) is 0.459. The number of methoxy groups -OCH3 is 2. The monoisotopic (exact) mass is 515 g/mol. The molecule has 2 heterocycles. The van der Waals surface area contributed by atoms with Gasteiger partial charge in [0.25, 0.3) is 0 Å². The molecule has 0 unspecified atom stereocenters. The van der Waals surface area contributed by atoms with Crippen LogP contribution >= 0.6 is 11.3 Å². The van der Waals surface area contributed by atoms with Crippen LogP contribution in [0.15, 0.2) is 52.7 Å². The number of rotatable bonds is 7. The molecule has 4 rings (SSSR count). The van der Waals surface area contributed by atoms with Crippen molar-refractivity contribution in [3.05, 3.63) is 64.7 Å². The third kappa shape index (κ3) is 5.79. The van der Waals surface area contributed by atoms with Crippen molar-refractivity contribution in [1.29, 1.82) is 0 Å². The summed E-state index contributed by atoms with van der Waals surface area (Å²) in [6.45, 7) is 8.45. The third-order valence-corrected chi connectivity index (χ3v) is 9.07. The number of thiazole rings is 1. The summed E-state index contributed by atoms with van der Waals surface area (Å²) in [5.74, 6) is 1.50. The van der Waals surface area contributed by atoms with Crippen LogP contribution in [-0.2, 0) is 21.9 Å². The van der Waals surface area contributed by atoms with Crippen LogP contribution in [0.3, 0.4) is 0 Å².